The summed E-state index contributed by atoms with van der Waals surface area (Å²) in [6.45, 7) is 4.00. The molecule has 0 bridgehead atoms. The van der Waals surface area contributed by atoms with E-state index in [0.29, 0.717) is 12.2 Å². The lowest BCUT2D eigenvalue weighted by Crippen LogP contribution is -2.09. The monoisotopic (exact) mass is 274 g/mol. The van der Waals surface area contributed by atoms with Crippen LogP contribution in [0.4, 0.5) is 0 Å². The van der Waals surface area contributed by atoms with Crippen molar-refractivity contribution < 1.29 is 4.79 Å². The van der Waals surface area contributed by atoms with E-state index in [1.54, 1.807) is 16.4 Å². The Morgan fingerprint density at radius 1 is 1.26 bits per heavy atom. The molecule has 0 N–H and O–H groups in total. The van der Waals surface area contributed by atoms with Gasteiger partial charge in [-0.25, -0.2) is 0 Å². The topological polar surface area (TPSA) is 34.9 Å². The predicted octanol–water partition coefficient (Wildman–Crippen LogP) is 2.94. The van der Waals surface area contributed by atoms with Gasteiger partial charge in [0.05, 0.1) is 11.4 Å². The minimum absolute atomic E-state index is 0.230. The van der Waals surface area contributed by atoms with Crippen LogP contribution < -0.4 is 0 Å². The second-order valence-corrected chi connectivity index (χ2v) is 5.77. The summed E-state index contributed by atoms with van der Waals surface area (Å²) in [5.41, 5.74) is 3.17. The lowest BCUT2D eigenvalue weighted by atomic mass is 10.2. The number of hydrogen-bond donors (Lipinski definition) is 0. The normalized spacial score (nSPS) is 10.7. The van der Waals surface area contributed by atoms with Gasteiger partial charge < -0.3 is 0 Å². The summed E-state index contributed by atoms with van der Waals surface area (Å²) in [6, 6.07) is 10.2. The van der Waals surface area contributed by atoms with Crippen molar-refractivity contribution in [2.24, 2.45) is 7.05 Å². The lowest BCUT2D eigenvalue weighted by Gasteiger charge is -2.03. The molecule has 2 aromatic rings. The maximum atomic E-state index is 12.0. The highest BCUT2D eigenvalue weighted by molar-refractivity contribution is 8.00. The van der Waals surface area contributed by atoms with E-state index in [1.165, 1.54) is 5.56 Å². The first kappa shape index (κ1) is 13.9. The number of carbonyl (C=O) groups excluding carboxylic acids is 1. The van der Waals surface area contributed by atoms with Gasteiger partial charge in [-0.3, -0.25) is 9.48 Å². The Kier molecular flexibility index (Phi) is 4.43. The average molecular weight is 274 g/mol. The molecule has 19 heavy (non-hydrogen) atoms. The van der Waals surface area contributed by atoms with Crippen LogP contribution in [-0.4, -0.2) is 21.3 Å². The number of benzene rings is 1. The van der Waals surface area contributed by atoms with E-state index in [9.17, 15) is 4.79 Å². The number of aryl methyl sites for hydroxylation is 3. The third-order valence-corrected chi connectivity index (χ3v) is 3.97. The van der Waals surface area contributed by atoms with Gasteiger partial charge in [0, 0.05) is 24.1 Å². The molecule has 1 aromatic heterocycles. The first-order chi connectivity index (χ1) is 9.04. The van der Waals surface area contributed by atoms with E-state index in [2.05, 4.69) is 36.3 Å². The van der Waals surface area contributed by atoms with Crippen LogP contribution >= 0.6 is 11.8 Å². The van der Waals surface area contributed by atoms with Crippen LogP contribution in [0, 0.1) is 13.8 Å². The van der Waals surface area contributed by atoms with Gasteiger partial charge >= 0.3 is 0 Å². The van der Waals surface area contributed by atoms with Crippen molar-refractivity contribution >= 4 is 17.5 Å². The van der Waals surface area contributed by atoms with Crippen molar-refractivity contribution in [2.45, 2.75) is 25.2 Å². The summed E-state index contributed by atoms with van der Waals surface area (Å²) in [6.07, 6.45) is 0.455. The molecule has 0 fully saturated rings. The van der Waals surface area contributed by atoms with Crippen molar-refractivity contribution in [3.8, 4) is 0 Å². The fourth-order valence-corrected chi connectivity index (χ4v) is 2.64. The highest BCUT2D eigenvalue weighted by atomic mass is 32.2. The summed E-state index contributed by atoms with van der Waals surface area (Å²) in [4.78, 5) is 13.1. The first-order valence-electron chi connectivity index (χ1n) is 6.25. The lowest BCUT2D eigenvalue weighted by molar-refractivity contribution is -0.116. The number of aromatic nitrogens is 2. The van der Waals surface area contributed by atoms with Crippen LogP contribution in [0.3, 0.4) is 0 Å². The van der Waals surface area contributed by atoms with Crippen molar-refractivity contribution in [2.75, 3.05) is 5.75 Å². The number of ketones is 1. The summed E-state index contributed by atoms with van der Waals surface area (Å²) < 4.78 is 1.78. The van der Waals surface area contributed by atoms with Crippen molar-refractivity contribution in [3.05, 3.63) is 47.3 Å². The van der Waals surface area contributed by atoms with Crippen molar-refractivity contribution in [3.63, 3.8) is 0 Å². The zero-order valence-corrected chi connectivity index (χ0v) is 12.3. The average Bonchev–Trinajstić information content (AvgIpc) is 2.67. The highest BCUT2D eigenvalue weighted by Gasteiger charge is 2.09. The number of thioether (sulfide) groups is 1. The Balaban J connectivity index is 1.88. The van der Waals surface area contributed by atoms with Gasteiger partial charge in [0.15, 0.2) is 0 Å². The number of rotatable bonds is 5. The van der Waals surface area contributed by atoms with Crippen molar-refractivity contribution in [1.82, 2.24) is 9.78 Å². The molecule has 0 aliphatic carbocycles. The largest absolute Gasteiger partial charge is 0.298 e. The first-order valence-corrected chi connectivity index (χ1v) is 7.24. The minimum atomic E-state index is 0.230. The maximum absolute atomic E-state index is 12.0. The molecule has 1 aromatic carbocycles. The Morgan fingerprint density at radius 2 is 1.95 bits per heavy atom. The quantitative estimate of drug-likeness (QED) is 0.786. The second kappa shape index (κ2) is 6.06. The summed E-state index contributed by atoms with van der Waals surface area (Å²) in [5, 5.41) is 4.25. The van der Waals surface area contributed by atoms with E-state index in [-0.39, 0.29) is 5.78 Å². The fraction of sp³-hybridized carbons (Fsp3) is 0.333. The Labute approximate surface area is 118 Å². The molecule has 2 rings (SSSR count). The van der Waals surface area contributed by atoms with Crippen LogP contribution in [0.25, 0.3) is 0 Å². The van der Waals surface area contributed by atoms with Gasteiger partial charge in [0.25, 0.3) is 0 Å². The second-order valence-electron chi connectivity index (χ2n) is 4.72. The molecule has 3 nitrogen and oxygen atoms in total. The summed E-state index contributed by atoms with van der Waals surface area (Å²) in [5.74, 6) is 0.737. The molecule has 4 heteroatoms. The Bertz CT molecular complexity index is 572. The van der Waals surface area contributed by atoms with E-state index < -0.39 is 0 Å². The summed E-state index contributed by atoms with van der Waals surface area (Å²) in [7, 11) is 1.88. The van der Waals surface area contributed by atoms with E-state index in [0.717, 1.165) is 16.3 Å². The fourth-order valence-electron chi connectivity index (χ4n) is 1.88. The number of hydrogen-bond acceptors (Lipinski definition) is 3. The maximum Gasteiger partial charge on any atom is 0.149 e. The van der Waals surface area contributed by atoms with Gasteiger partial charge in [-0.2, -0.15) is 5.10 Å². The predicted molar refractivity (Wildman–Crippen MR) is 78.6 cm³/mol. The standard InChI is InChI=1S/C15H18N2OS/c1-11-4-6-15(7-5-11)19-10-14(18)9-13-8-12(2)16-17(13)3/h4-8H,9-10H2,1-3H3. The molecule has 0 spiro atoms. The van der Waals surface area contributed by atoms with Gasteiger partial charge in [-0.1, -0.05) is 17.7 Å². The minimum Gasteiger partial charge on any atom is -0.298 e. The smallest absolute Gasteiger partial charge is 0.149 e. The molecule has 1 heterocycles. The van der Waals surface area contributed by atoms with Crippen LogP contribution in [0.2, 0.25) is 0 Å². The molecule has 0 atom stereocenters. The third kappa shape index (κ3) is 3.96. The molecule has 0 aliphatic heterocycles. The summed E-state index contributed by atoms with van der Waals surface area (Å²) >= 11 is 1.59. The van der Waals surface area contributed by atoms with Crippen LogP contribution in [0.1, 0.15) is 17.0 Å². The molecule has 0 unspecified atom stereocenters. The molecule has 0 aliphatic rings. The molecule has 0 saturated heterocycles. The van der Waals surface area contributed by atoms with Gasteiger partial charge in [0.1, 0.15) is 5.78 Å². The zero-order chi connectivity index (χ0) is 13.8. The van der Waals surface area contributed by atoms with Crippen molar-refractivity contribution in [1.29, 1.82) is 0 Å². The van der Waals surface area contributed by atoms with Crippen LogP contribution in [0.15, 0.2) is 35.2 Å². The van der Waals surface area contributed by atoms with Gasteiger partial charge in [-0.15, -0.1) is 11.8 Å². The molecular weight excluding hydrogens is 256 g/mol. The van der Waals surface area contributed by atoms with Crippen LogP contribution in [-0.2, 0) is 18.3 Å². The number of nitrogens with zero attached hydrogens (tertiary/aromatic N) is 2. The van der Waals surface area contributed by atoms with Gasteiger partial charge in [0.2, 0.25) is 0 Å². The number of Topliss-reactive ketones (excluding diaryl/α,β-unsaturated/α-hetero) is 1. The molecule has 0 amide bonds. The molecule has 100 valence electrons. The van der Waals surface area contributed by atoms with Crippen LogP contribution in [0.5, 0.6) is 0 Å². The Hall–Kier alpha value is -1.55. The molecule has 0 saturated carbocycles. The SMILES string of the molecule is Cc1ccc(SCC(=O)Cc2cc(C)nn2C)cc1. The number of carbonyl (C=O) groups is 1. The van der Waals surface area contributed by atoms with E-state index in [4.69, 9.17) is 0 Å². The molecule has 0 radical (unpaired) electrons. The van der Waals surface area contributed by atoms with E-state index >= 15 is 0 Å². The Morgan fingerprint density at radius 3 is 2.53 bits per heavy atom. The van der Waals surface area contributed by atoms with Gasteiger partial charge in [-0.05, 0) is 32.0 Å². The highest BCUT2D eigenvalue weighted by Crippen LogP contribution is 2.18. The molecular formula is C15H18N2OS. The zero-order valence-electron chi connectivity index (χ0n) is 11.5. The van der Waals surface area contributed by atoms with E-state index in [1.807, 2.05) is 20.0 Å². The third-order valence-electron chi connectivity index (χ3n) is 2.90.